The van der Waals surface area contributed by atoms with Gasteiger partial charge < -0.3 is 4.74 Å². The van der Waals surface area contributed by atoms with Crippen molar-refractivity contribution < 1.29 is 9.53 Å². The molecule has 0 bridgehead atoms. The molecule has 3 heteroatoms. The number of aromatic nitrogens is 1. The molecular formula is C16H19NO2. The highest BCUT2D eigenvalue weighted by atomic mass is 16.6. The van der Waals surface area contributed by atoms with Crippen LogP contribution in [0.2, 0.25) is 0 Å². The smallest absolute Gasteiger partial charge is 0.306 e. The maximum Gasteiger partial charge on any atom is 0.306 e. The molecule has 0 amide bonds. The molecule has 0 N–H and O–H groups in total. The third kappa shape index (κ3) is 3.78. The maximum atomic E-state index is 11.7. The van der Waals surface area contributed by atoms with E-state index >= 15 is 0 Å². The van der Waals surface area contributed by atoms with Gasteiger partial charge in [-0.15, -0.1) is 0 Å². The van der Waals surface area contributed by atoms with Crippen LogP contribution in [0.4, 0.5) is 0 Å². The summed E-state index contributed by atoms with van der Waals surface area (Å²) in [5.41, 5.74) is 0.741. The minimum absolute atomic E-state index is 0.154. The number of hydrogen-bond acceptors (Lipinski definition) is 3. The molecule has 0 saturated heterocycles. The van der Waals surface area contributed by atoms with Crippen molar-refractivity contribution in [3.05, 3.63) is 42.2 Å². The minimum Gasteiger partial charge on any atom is -0.460 e. The van der Waals surface area contributed by atoms with Crippen LogP contribution in [0.15, 0.2) is 36.7 Å². The van der Waals surface area contributed by atoms with E-state index in [0.29, 0.717) is 12.8 Å². The summed E-state index contributed by atoms with van der Waals surface area (Å²) in [5, 5.41) is 2.25. The maximum absolute atomic E-state index is 11.7. The second-order valence-electron chi connectivity index (χ2n) is 5.60. The van der Waals surface area contributed by atoms with Crippen LogP contribution >= 0.6 is 0 Å². The van der Waals surface area contributed by atoms with Crippen LogP contribution in [0.3, 0.4) is 0 Å². The first-order chi connectivity index (χ1) is 8.96. The van der Waals surface area contributed by atoms with Crippen molar-refractivity contribution in [2.24, 2.45) is 0 Å². The van der Waals surface area contributed by atoms with E-state index < -0.39 is 5.60 Å². The summed E-state index contributed by atoms with van der Waals surface area (Å²) >= 11 is 0. The normalized spacial score (nSPS) is 11.5. The molecule has 0 atom stereocenters. The largest absolute Gasteiger partial charge is 0.460 e. The summed E-state index contributed by atoms with van der Waals surface area (Å²) in [7, 11) is 0. The Labute approximate surface area is 113 Å². The Bertz CT molecular complexity index is 579. The number of rotatable bonds is 3. The monoisotopic (exact) mass is 257 g/mol. The molecule has 0 aliphatic rings. The van der Waals surface area contributed by atoms with Crippen LogP contribution < -0.4 is 0 Å². The van der Waals surface area contributed by atoms with Crippen LogP contribution in [0, 0.1) is 0 Å². The van der Waals surface area contributed by atoms with Gasteiger partial charge in [-0.05, 0) is 44.2 Å². The number of esters is 1. The van der Waals surface area contributed by atoms with Gasteiger partial charge >= 0.3 is 5.97 Å². The highest BCUT2D eigenvalue weighted by molar-refractivity contribution is 5.85. The SMILES string of the molecule is CC(C)(C)OC(=O)CCc1cccc2cnccc12. The van der Waals surface area contributed by atoms with Crippen molar-refractivity contribution >= 4 is 16.7 Å². The van der Waals surface area contributed by atoms with Crippen LogP contribution in [0.5, 0.6) is 0 Å². The van der Waals surface area contributed by atoms with Gasteiger partial charge in [-0.25, -0.2) is 0 Å². The van der Waals surface area contributed by atoms with E-state index in [-0.39, 0.29) is 5.97 Å². The standard InChI is InChI=1S/C16H19NO2/c1-16(2,3)19-15(18)8-7-12-5-4-6-13-11-17-10-9-14(12)13/h4-6,9-11H,7-8H2,1-3H3. The predicted octanol–water partition coefficient (Wildman–Crippen LogP) is 3.51. The highest BCUT2D eigenvalue weighted by Crippen LogP contribution is 2.19. The fraction of sp³-hybridized carbons (Fsp3) is 0.375. The number of pyridine rings is 1. The highest BCUT2D eigenvalue weighted by Gasteiger charge is 2.16. The number of carbonyl (C=O) groups excluding carboxylic acids is 1. The summed E-state index contributed by atoms with van der Waals surface area (Å²) in [5.74, 6) is -0.154. The second kappa shape index (κ2) is 5.39. The van der Waals surface area contributed by atoms with Crippen molar-refractivity contribution in [1.82, 2.24) is 4.98 Å². The van der Waals surface area contributed by atoms with Crippen LogP contribution in [0.25, 0.3) is 10.8 Å². The Balaban J connectivity index is 2.08. The molecule has 3 nitrogen and oxygen atoms in total. The number of carbonyl (C=O) groups is 1. The van der Waals surface area contributed by atoms with Crippen molar-refractivity contribution in [1.29, 1.82) is 0 Å². The average Bonchev–Trinajstić information content (AvgIpc) is 2.34. The van der Waals surface area contributed by atoms with E-state index in [9.17, 15) is 4.79 Å². The number of fused-ring (bicyclic) bond motifs is 1. The van der Waals surface area contributed by atoms with E-state index in [1.807, 2.05) is 51.2 Å². The Hall–Kier alpha value is -1.90. The van der Waals surface area contributed by atoms with Crippen molar-refractivity contribution in [3.8, 4) is 0 Å². The first-order valence-corrected chi connectivity index (χ1v) is 6.49. The number of nitrogens with zero attached hydrogens (tertiary/aromatic N) is 1. The Morgan fingerprint density at radius 2 is 2.05 bits per heavy atom. The third-order valence-electron chi connectivity index (χ3n) is 2.79. The average molecular weight is 257 g/mol. The molecule has 0 unspecified atom stereocenters. The van der Waals surface area contributed by atoms with Gasteiger partial charge in [0.15, 0.2) is 0 Å². The summed E-state index contributed by atoms with van der Waals surface area (Å²) in [4.78, 5) is 15.8. The number of ether oxygens (including phenoxy) is 1. The lowest BCUT2D eigenvalue weighted by Crippen LogP contribution is -2.24. The van der Waals surface area contributed by atoms with Gasteiger partial charge in [-0.2, -0.15) is 0 Å². The Morgan fingerprint density at radius 3 is 2.79 bits per heavy atom. The third-order valence-corrected chi connectivity index (χ3v) is 2.79. The van der Waals surface area contributed by atoms with Gasteiger partial charge in [0.05, 0.1) is 0 Å². The van der Waals surface area contributed by atoms with E-state index in [0.717, 1.165) is 16.3 Å². The lowest BCUT2D eigenvalue weighted by atomic mass is 10.0. The molecule has 0 radical (unpaired) electrons. The molecule has 0 aliphatic heterocycles. The van der Waals surface area contributed by atoms with Gasteiger partial charge in [-0.1, -0.05) is 18.2 Å². The molecule has 1 aromatic carbocycles. The molecule has 0 fully saturated rings. The van der Waals surface area contributed by atoms with Gasteiger partial charge in [0.1, 0.15) is 5.60 Å². The second-order valence-corrected chi connectivity index (χ2v) is 5.60. The predicted molar refractivity (Wildman–Crippen MR) is 75.9 cm³/mol. The zero-order chi connectivity index (χ0) is 13.9. The Morgan fingerprint density at radius 1 is 1.26 bits per heavy atom. The van der Waals surface area contributed by atoms with Gasteiger partial charge in [0.2, 0.25) is 0 Å². The summed E-state index contributed by atoms with van der Waals surface area (Å²) in [6, 6.07) is 8.06. The minimum atomic E-state index is -0.417. The number of benzene rings is 1. The quantitative estimate of drug-likeness (QED) is 0.790. The molecule has 2 aromatic rings. The van der Waals surface area contributed by atoms with E-state index in [1.165, 1.54) is 0 Å². The van der Waals surface area contributed by atoms with Crippen LogP contribution in [-0.4, -0.2) is 16.6 Å². The molecule has 0 aliphatic carbocycles. The van der Waals surface area contributed by atoms with E-state index in [4.69, 9.17) is 4.74 Å². The fourth-order valence-corrected chi connectivity index (χ4v) is 2.04. The molecule has 0 saturated carbocycles. The van der Waals surface area contributed by atoms with Crippen molar-refractivity contribution in [2.45, 2.75) is 39.2 Å². The van der Waals surface area contributed by atoms with Gasteiger partial charge in [0, 0.05) is 24.2 Å². The van der Waals surface area contributed by atoms with Crippen LogP contribution in [0.1, 0.15) is 32.8 Å². The number of aryl methyl sites for hydroxylation is 1. The number of hydrogen-bond donors (Lipinski definition) is 0. The fourth-order valence-electron chi connectivity index (χ4n) is 2.04. The molecule has 100 valence electrons. The van der Waals surface area contributed by atoms with Crippen LogP contribution in [-0.2, 0) is 16.0 Å². The molecule has 2 rings (SSSR count). The van der Waals surface area contributed by atoms with E-state index in [1.54, 1.807) is 6.20 Å². The summed E-state index contributed by atoms with van der Waals surface area (Å²) in [6.07, 6.45) is 4.71. The lowest BCUT2D eigenvalue weighted by Gasteiger charge is -2.19. The lowest BCUT2D eigenvalue weighted by molar-refractivity contribution is -0.154. The van der Waals surface area contributed by atoms with Gasteiger partial charge in [0.25, 0.3) is 0 Å². The molecular weight excluding hydrogens is 238 g/mol. The first-order valence-electron chi connectivity index (χ1n) is 6.49. The first kappa shape index (κ1) is 13.5. The topological polar surface area (TPSA) is 39.2 Å². The van der Waals surface area contributed by atoms with E-state index in [2.05, 4.69) is 4.98 Å². The molecule has 1 aromatic heterocycles. The zero-order valence-corrected chi connectivity index (χ0v) is 11.6. The molecule has 1 heterocycles. The van der Waals surface area contributed by atoms with Crippen molar-refractivity contribution in [2.75, 3.05) is 0 Å². The summed E-state index contributed by atoms with van der Waals surface area (Å²) < 4.78 is 5.32. The van der Waals surface area contributed by atoms with Crippen molar-refractivity contribution in [3.63, 3.8) is 0 Å². The zero-order valence-electron chi connectivity index (χ0n) is 11.6. The summed E-state index contributed by atoms with van der Waals surface area (Å²) in [6.45, 7) is 5.65. The van der Waals surface area contributed by atoms with Gasteiger partial charge in [-0.3, -0.25) is 9.78 Å². The Kier molecular flexibility index (Phi) is 3.84. The molecule has 19 heavy (non-hydrogen) atoms. The molecule has 0 spiro atoms.